The quantitative estimate of drug-likeness (QED) is 0.823. The highest BCUT2D eigenvalue weighted by molar-refractivity contribution is 7.90. The van der Waals surface area contributed by atoms with Crippen LogP contribution in [0.15, 0.2) is 30.3 Å². The summed E-state index contributed by atoms with van der Waals surface area (Å²) in [5.41, 5.74) is 1.35. The van der Waals surface area contributed by atoms with E-state index in [9.17, 15) is 8.42 Å². The van der Waals surface area contributed by atoms with Crippen LogP contribution in [0.2, 0.25) is 0 Å². The van der Waals surface area contributed by atoms with Crippen LogP contribution in [0.1, 0.15) is 18.4 Å². The molecule has 20 heavy (non-hydrogen) atoms. The van der Waals surface area contributed by atoms with Gasteiger partial charge in [-0.15, -0.1) is 0 Å². The van der Waals surface area contributed by atoms with E-state index in [1.165, 1.54) is 5.56 Å². The predicted octanol–water partition coefficient (Wildman–Crippen LogP) is 1.34. The Bertz CT molecular complexity index is 532. The first-order valence-electron chi connectivity index (χ1n) is 7.41. The monoisotopic (exact) mass is 294 g/mol. The second-order valence-electron chi connectivity index (χ2n) is 5.72. The first-order valence-corrected chi connectivity index (χ1v) is 8.92. The van der Waals surface area contributed by atoms with Crippen molar-refractivity contribution < 1.29 is 8.42 Å². The van der Waals surface area contributed by atoms with Crippen LogP contribution in [0.3, 0.4) is 0 Å². The molecule has 0 spiro atoms. The highest BCUT2D eigenvalue weighted by atomic mass is 32.2. The number of benzene rings is 1. The van der Waals surface area contributed by atoms with E-state index in [1.807, 2.05) is 6.07 Å². The van der Waals surface area contributed by atoms with E-state index < -0.39 is 10.0 Å². The third kappa shape index (κ3) is 3.22. The van der Waals surface area contributed by atoms with Crippen LogP contribution in [0.25, 0.3) is 0 Å². The molecular formula is C15H22N2O2S. The van der Waals surface area contributed by atoms with Gasteiger partial charge in [0.1, 0.15) is 0 Å². The zero-order valence-corrected chi connectivity index (χ0v) is 12.6. The SMILES string of the molecule is O=S(=O)(C1CC1)N1CCN(CCc2ccccc2)CC1. The van der Waals surface area contributed by atoms with Gasteiger partial charge in [0.15, 0.2) is 0 Å². The lowest BCUT2D eigenvalue weighted by Crippen LogP contribution is -2.49. The number of sulfonamides is 1. The Labute approximate surface area is 121 Å². The Hall–Kier alpha value is -0.910. The van der Waals surface area contributed by atoms with E-state index in [0.29, 0.717) is 13.1 Å². The molecule has 1 saturated carbocycles. The molecule has 0 aromatic heterocycles. The molecule has 1 saturated heterocycles. The van der Waals surface area contributed by atoms with Gasteiger partial charge in [0.05, 0.1) is 5.25 Å². The lowest BCUT2D eigenvalue weighted by Gasteiger charge is -2.34. The maximum atomic E-state index is 12.1. The Morgan fingerprint density at radius 3 is 2.25 bits per heavy atom. The molecule has 4 nitrogen and oxygen atoms in total. The zero-order chi connectivity index (χ0) is 14.0. The summed E-state index contributed by atoms with van der Waals surface area (Å²) in [4.78, 5) is 2.37. The first-order chi connectivity index (χ1) is 9.66. The molecule has 3 rings (SSSR count). The van der Waals surface area contributed by atoms with Crippen molar-refractivity contribution in [1.82, 2.24) is 9.21 Å². The van der Waals surface area contributed by atoms with Crippen LogP contribution in [-0.4, -0.2) is 55.6 Å². The average molecular weight is 294 g/mol. The highest BCUT2D eigenvalue weighted by Gasteiger charge is 2.40. The molecule has 0 bridgehead atoms. The van der Waals surface area contributed by atoms with E-state index in [4.69, 9.17) is 0 Å². The minimum Gasteiger partial charge on any atom is -0.300 e. The summed E-state index contributed by atoms with van der Waals surface area (Å²) >= 11 is 0. The molecule has 2 aliphatic rings. The zero-order valence-electron chi connectivity index (χ0n) is 11.7. The second-order valence-corrected chi connectivity index (χ2v) is 7.93. The van der Waals surface area contributed by atoms with Gasteiger partial charge in [0.2, 0.25) is 10.0 Å². The normalized spacial score (nSPS) is 22.0. The average Bonchev–Trinajstić information content (AvgIpc) is 3.32. The van der Waals surface area contributed by atoms with Crippen molar-refractivity contribution in [1.29, 1.82) is 0 Å². The van der Waals surface area contributed by atoms with Gasteiger partial charge in [-0.05, 0) is 24.8 Å². The fourth-order valence-corrected chi connectivity index (χ4v) is 4.54. The molecule has 5 heteroatoms. The van der Waals surface area contributed by atoms with E-state index in [0.717, 1.165) is 38.9 Å². The van der Waals surface area contributed by atoms with Crippen LogP contribution in [0.5, 0.6) is 0 Å². The Morgan fingerprint density at radius 1 is 1.00 bits per heavy atom. The fraction of sp³-hybridized carbons (Fsp3) is 0.600. The van der Waals surface area contributed by atoms with Crippen LogP contribution < -0.4 is 0 Å². The summed E-state index contributed by atoms with van der Waals surface area (Å²) in [5.74, 6) is 0. The van der Waals surface area contributed by atoms with E-state index in [2.05, 4.69) is 29.2 Å². The summed E-state index contributed by atoms with van der Waals surface area (Å²) in [6, 6.07) is 10.5. The molecule has 1 aromatic rings. The van der Waals surface area contributed by atoms with Gasteiger partial charge in [-0.25, -0.2) is 8.42 Å². The lowest BCUT2D eigenvalue weighted by atomic mass is 10.1. The third-order valence-electron chi connectivity index (χ3n) is 4.20. The maximum absolute atomic E-state index is 12.1. The largest absolute Gasteiger partial charge is 0.300 e. The summed E-state index contributed by atoms with van der Waals surface area (Å²) in [5, 5.41) is -0.0710. The molecule has 0 N–H and O–H groups in total. The molecular weight excluding hydrogens is 272 g/mol. The smallest absolute Gasteiger partial charge is 0.217 e. The number of hydrogen-bond acceptors (Lipinski definition) is 3. The second kappa shape index (κ2) is 5.84. The number of piperazine rings is 1. The first kappa shape index (κ1) is 14.0. The molecule has 0 amide bonds. The number of rotatable bonds is 5. The minimum absolute atomic E-state index is 0.0710. The van der Waals surface area contributed by atoms with Crippen molar-refractivity contribution in [2.24, 2.45) is 0 Å². The fourth-order valence-electron chi connectivity index (χ4n) is 2.72. The molecule has 2 fully saturated rings. The molecule has 1 aliphatic heterocycles. The van der Waals surface area contributed by atoms with Crippen LogP contribution in [0.4, 0.5) is 0 Å². The highest BCUT2D eigenvalue weighted by Crippen LogP contribution is 2.31. The van der Waals surface area contributed by atoms with Gasteiger partial charge in [-0.2, -0.15) is 4.31 Å². The maximum Gasteiger partial charge on any atom is 0.217 e. The van der Waals surface area contributed by atoms with Crippen molar-refractivity contribution in [3.05, 3.63) is 35.9 Å². The van der Waals surface area contributed by atoms with Gasteiger partial charge in [0, 0.05) is 32.7 Å². The van der Waals surface area contributed by atoms with E-state index >= 15 is 0 Å². The van der Waals surface area contributed by atoms with Gasteiger partial charge in [-0.3, -0.25) is 0 Å². The van der Waals surface area contributed by atoms with Gasteiger partial charge < -0.3 is 4.90 Å². The summed E-state index contributed by atoms with van der Waals surface area (Å²) < 4.78 is 26.0. The van der Waals surface area contributed by atoms with Crippen molar-refractivity contribution in [3.8, 4) is 0 Å². The van der Waals surface area contributed by atoms with Gasteiger partial charge in [-0.1, -0.05) is 30.3 Å². The molecule has 1 heterocycles. The molecule has 0 atom stereocenters. The van der Waals surface area contributed by atoms with Gasteiger partial charge >= 0.3 is 0 Å². The van der Waals surface area contributed by atoms with Crippen LogP contribution in [0, 0.1) is 0 Å². The van der Waals surface area contributed by atoms with E-state index in [-0.39, 0.29) is 5.25 Å². The molecule has 0 unspecified atom stereocenters. The van der Waals surface area contributed by atoms with Gasteiger partial charge in [0.25, 0.3) is 0 Å². The standard InChI is InChI=1S/C15H22N2O2S/c18-20(19,15-6-7-15)17-12-10-16(11-13-17)9-8-14-4-2-1-3-5-14/h1-5,15H,6-13H2. The van der Waals surface area contributed by atoms with Crippen molar-refractivity contribution >= 4 is 10.0 Å². The summed E-state index contributed by atoms with van der Waals surface area (Å²) in [6.45, 7) is 4.06. The Kier molecular flexibility index (Phi) is 4.10. The predicted molar refractivity (Wildman–Crippen MR) is 80.1 cm³/mol. The van der Waals surface area contributed by atoms with E-state index in [1.54, 1.807) is 4.31 Å². The third-order valence-corrected chi connectivity index (χ3v) is 6.60. The molecule has 0 radical (unpaired) electrons. The van der Waals surface area contributed by atoms with Crippen molar-refractivity contribution in [2.75, 3.05) is 32.7 Å². The van der Waals surface area contributed by atoms with Crippen LogP contribution >= 0.6 is 0 Å². The molecule has 1 aliphatic carbocycles. The number of nitrogens with zero attached hydrogens (tertiary/aromatic N) is 2. The Morgan fingerprint density at radius 2 is 1.65 bits per heavy atom. The minimum atomic E-state index is -2.97. The topological polar surface area (TPSA) is 40.6 Å². The van der Waals surface area contributed by atoms with Crippen molar-refractivity contribution in [3.63, 3.8) is 0 Å². The van der Waals surface area contributed by atoms with Crippen molar-refractivity contribution in [2.45, 2.75) is 24.5 Å². The van der Waals surface area contributed by atoms with Crippen LogP contribution in [-0.2, 0) is 16.4 Å². The lowest BCUT2D eigenvalue weighted by molar-refractivity contribution is 0.190. The summed E-state index contributed by atoms with van der Waals surface area (Å²) in [7, 11) is -2.97. The molecule has 1 aromatic carbocycles. The Balaban J connectivity index is 1.47. The number of hydrogen-bond donors (Lipinski definition) is 0. The summed E-state index contributed by atoms with van der Waals surface area (Å²) in [6.07, 6.45) is 2.75. The molecule has 110 valence electrons.